The lowest BCUT2D eigenvalue weighted by atomic mass is 10.2. The fourth-order valence-corrected chi connectivity index (χ4v) is 1.52. The molecule has 1 aromatic carbocycles. The number of benzene rings is 1. The lowest BCUT2D eigenvalue weighted by Gasteiger charge is -2.12. The van der Waals surface area contributed by atoms with Gasteiger partial charge in [-0.1, -0.05) is 42.5 Å². The van der Waals surface area contributed by atoms with E-state index in [1.54, 1.807) is 11.9 Å². The number of carbonyl (C=O) groups is 2. The highest BCUT2D eigenvalue weighted by atomic mass is 16.4. The van der Waals surface area contributed by atoms with Crippen LogP contribution >= 0.6 is 0 Å². The van der Waals surface area contributed by atoms with Crippen LogP contribution in [0.3, 0.4) is 0 Å². The van der Waals surface area contributed by atoms with Gasteiger partial charge in [0.2, 0.25) is 0 Å². The normalized spacial score (nSPS) is 11.0. The maximum Gasteiger partial charge on any atom is 0.310 e. The van der Waals surface area contributed by atoms with E-state index in [2.05, 4.69) is 0 Å². The highest BCUT2D eigenvalue weighted by molar-refractivity contribution is 5.95. The summed E-state index contributed by atoms with van der Waals surface area (Å²) in [7, 11) is 1.79. The molecule has 0 aliphatic rings. The predicted octanol–water partition coefficient (Wildman–Crippen LogP) is 1.68. The minimum Gasteiger partial charge on any atom is -0.481 e. The van der Waals surface area contributed by atoms with Gasteiger partial charge in [0.25, 0.3) is 0 Å². The molecule has 0 aliphatic carbocycles. The average molecular weight is 247 g/mol. The van der Waals surface area contributed by atoms with Crippen molar-refractivity contribution >= 4 is 17.8 Å². The van der Waals surface area contributed by atoms with Crippen molar-refractivity contribution < 1.29 is 14.7 Å². The zero-order chi connectivity index (χ0) is 13.4. The Hall–Kier alpha value is -1.94. The first-order chi connectivity index (χ1) is 8.58. The highest BCUT2D eigenvalue weighted by Gasteiger charge is 2.09. The summed E-state index contributed by atoms with van der Waals surface area (Å²) in [4.78, 5) is 23.4. The number of likely N-dealkylation sites (N-methyl/N-ethyl adjacent to an activating group) is 1. The van der Waals surface area contributed by atoms with Gasteiger partial charge < -0.3 is 5.11 Å². The number of rotatable bonds is 7. The Morgan fingerprint density at radius 2 is 1.94 bits per heavy atom. The number of carboxylic acid groups (broad SMARTS) is 1. The van der Waals surface area contributed by atoms with Gasteiger partial charge in [-0.25, -0.2) is 0 Å². The van der Waals surface area contributed by atoms with Gasteiger partial charge in [0, 0.05) is 6.54 Å². The summed E-state index contributed by atoms with van der Waals surface area (Å²) in [6, 6.07) is 9.85. The lowest BCUT2D eigenvalue weighted by Crippen LogP contribution is -2.27. The van der Waals surface area contributed by atoms with Crippen LogP contribution in [-0.4, -0.2) is 41.9 Å². The Labute approximate surface area is 107 Å². The summed E-state index contributed by atoms with van der Waals surface area (Å²) >= 11 is 0. The monoisotopic (exact) mass is 247 g/mol. The predicted molar refractivity (Wildman–Crippen MR) is 70.2 cm³/mol. The minimum absolute atomic E-state index is 0.158. The summed E-state index contributed by atoms with van der Waals surface area (Å²) in [6.45, 7) is 0.770. The standard InChI is InChI=1S/C14H17NO3/c1-15(11-13(16)10-14(17)18)9-5-8-12-6-3-2-4-7-12/h2-8H,9-11H2,1H3,(H,17,18). The van der Waals surface area contributed by atoms with Crippen LogP contribution in [-0.2, 0) is 9.59 Å². The molecule has 0 bridgehead atoms. The quantitative estimate of drug-likeness (QED) is 0.745. The summed E-state index contributed by atoms with van der Waals surface area (Å²) in [5.74, 6) is -1.36. The molecule has 4 heteroatoms. The Kier molecular flexibility index (Phi) is 5.80. The van der Waals surface area contributed by atoms with Crippen LogP contribution in [0.15, 0.2) is 36.4 Å². The number of hydrogen-bond acceptors (Lipinski definition) is 3. The second kappa shape index (κ2) is 7.40. The van der Waals surface area contributed by atoms with Crippen LogP contribution in [0.2, 0.25) is 0 Å². The molecule has 96 valence electrons. The zero-order valence-electron chi connectivity index (χ0n) is 10.4. The average Bonchev–Trinajstić information content (AvgIpc) is 2.29. The second-order valence-corrected chi connectivity index (χ2v) is 4.12. The molecule has 1 rings (SSSR count). The molecule has 0 saturated carbocycles. The molecule has 0 amide bonds. The molecule has 0 radical (unpaired) electrons. The van der Waals surface area contributed by atoms with Crippen LogP contribution in [0.25, 0.3) is 6.08 Å². The number of Topliss-reactive ketones (excluding diaryl/α,β-unsaturated/α-hetero) is 1. The Morgan fingerprint density at radius 1 is 1.28 bits per heavy atom. The van der Waals surface area contributed by atoms with Crippen molar-refractivity contribution in [3.05, 3.63) is 42.0 Å². The largest absolute Gasteiger partial charge is 0.481 e. The van der Waals surface area contributed by atoms with Crippen molar-refractivity contribution in [2.24, 2.45) is 0 Å². The van der Waals surface area contributed by atoms with Gasteiger partial charge in [-0.3, -0.25) is 14.5 Å². The van der Waals surface area contributed by atoms with Gasteiger partial charge in [0.05, 0.1) is 6.54 Å². The van der Waals surface area contributed by atoms with Crippen molar-refractivity contribution in [2.45, 2.75) is 6.42 Å². The van der Waals surface area contributed by atoms with Gasteiger partial charge in [0.15, 0.2) is 5.78 Å². The van der Waals surface area contributed by atoms with Gasteiger partial charge in [0.1, 0.15) is 6.42 Å². The molecule has 0 unspecified atom stereocenters. The van der Waals surface area contributed by atoms with E-state index >= 15 is 0 Å². The molecule has 0 aliphatic heterocycles. The maximum atomic E-state index is 11.3. The number of nitrogens with zero attached hydrogens (tertiary/aromatic N) is 1. The summed E-state index contributed by atoms with van der Waals surface area (Å²) < 4.78 is 0. The lowest BCUT2D eigenvalue weighted by molar-refractivity contribution is -0.140. The molecule has 18 heavy (non-hydrogen) atoms. The molecule has 0 spiro atoms. The van der Waals surface area contributed by atoms with Crippen molar-refractivity contribution in [3.63, 3.8) is 0 Å². The molecule has 0 aromatic heterocycles. The smallest absolute Gasteiger partial charge is 0.310 e. The van der Waals surface area contributed by atoms with Crippen LogP contribution in [0.5, 0.6) is 0 Å². The van der Waals surface area contributed by atoms with Gasteiger partial charge >= 0.3 is 5.97 Å². The third-order valence-electron chi connectivity index (χ3n) is 2.32. The van der Waals surface area contributed by atoms with Crippen LogP contribution < -0.4 is 0 Å². The molecule has 0 fully saturated rings. The number of carbonyl (C=O) groups excluding carboxylic acids is 1. The maximum absolute atomic E-state index is 11.3. The number of aliphatic carboxylic acids is 1. The SMILES string of the molecule is CN(CC=Cc1ccccc1)CC(=O)CC(=O)O. The van der Waals surface area contributed by atoms with E-state index in [-0.39, 0.29) is 12.3 Å². The van der Waals surface area contributed by atoms with Crippen molar-refractivity contribution in [1.29, 1.82) is 0 Å². The van der Waals surface area contributed by atoms with E-state index in [1.807, 2.05) is 42.5 Å². The molecular formula is C14H17NO3. The topological polar surface area (TPSA) is 57.6 Å². The number of hydrogen-bond donors (Lipinski definition) is 1. The van der Waals surface area contributed by atoms with E-state index in [1.165, 1.54) is 0 Å². The van der Waals surface area contributed by atoms with E-state index in [0.717, 1.165) is 5.56 Å². The Morgan fingerprint density at radius 3 is 2.56 bits per heavy atom. The summed E-state index contributed by atoms with van der Waals surface area (Å²) in [6.07, 6.45) is 3.51. The minimum atomic E-state index is -1.08. The summed E-state index contributed by atoms with van der Waals surface area (Å²) in [5, 5.41) is 8.47. The van der Waals surface area contributed by atoms with E-state index < -0.39 is 12.4 Å². The fourth-order valence-electron chi connectivity index (χ4n) is 1.52. The van der Waals surface area contributed by atoms with Crippen LogP contribution in [0, 0.1) is 0 Å². The van der Waals surface area contributed by atoms with E-state index in [4.69, 9.17) is 5.11 Å². The Balaban J connectivity index is 2.33. The first kappa shape index (κ1) is 14.1. The second-order valence-electron chi connectivity index (χ2n) is 4.12. The molecule has 1 N–H and O–H groups in total. The Bertz CT molecular complexity index is 426. The highest BCUT2D eigenvalue weighted by Crippen LogP contribution is 2.01. The van der Waals surface area contributed by atoms with Gasteiger partial charge in [-0.15, -0.1) is 0 Å². The molecule has 1 aromatic rings. The van der Waals surface area contributed by atoms with Crippen molar-refractivity contribution in [3.8, 4) is 0 Å². The molecular weight excluding hydrogens is 230 g/mol. The first-order valence-corrected chi connectivity index (χ1v) is 5.71. The molecule has 0 heterocycles. The molecule has 0 saturated heterocycles. The first-order valence-electron chi connectivity index (χ1n) is 5.71. The van der Waals surface area contributed by atoms with Crippen LogP contribution in [0.4, 0.5) is 0 Å². The third-order valence-corrected chi connectivity index (χ3v) is 2.32. The molecule has 0 atom stereocenters. The van der Waals surface area contributed by atoms with Gasteiger partial charge in [-0.2, -0.15) is 0 Å². The summed E-state index contributed by atoms with van der Waals surface area (Å²) in [5.41, 5.74) is 1.10. The third kappa shape index (κ3) is 5.96. The zero-order valence-corrected chi connectivity index (χ0v) is 10.4. The fraction of sp³-hybridized carbons (Fsp3) is 0.286. The number of carboxylic acids is 1. The van der Waals surface area contributed by atoms with Crippen molar-refractivity contribution in [1.82, 2.24) is 4.90 Å². The number of ketones is 1. The van der Waals surface area contributed by atoms with Crippen molar-refractivity contribution in [2.75, 3.05) is 20.1 Å². The molecule has 4 nitrogen and oxygen atoms in total. The van der Waals surface area contributed by atoms with E-state index in [9.17, 15) is 9.59 Å². The van der Waals surface area contributed by atoms with E-state index in [0.29, 0.717) is 6.54 Å². The van der Waals surface area contributed by atoms with Crippen LogP contribution in [0.1, 0.15) is 12.0 Å². The van der Waals surface area contributed by atoms with Gasteiger partial charge in [-0.05, 0) is 12.6 Å².